The van der Waals surface area contributed by atoms with Crippen molar-refractivity contribution in [2.24, 2.45) is 11.8 Å². The smallest absolute Gasteiger partial charge is 0.225 e. The third kappa shape index (κ3) is 5.63. The molecule has 0 spiro atoms. The van der Waals surface area contributed by atoms with Gasteiger partial charge in [-0.3, -0.25) is 9.69 Å². The molecule has 0 bridgehead atoms. The van der Waals surface area contributed by atoms with Gasteiger partial charge in [0.05, 0.1) is 0 Å². The van der Waals surface area contributed by atoms with E-state index in [-0.39, 0.29) is 5.92 Å². The van der Waals surface area contributed by atoms with Crippen molar-refractivity contribution in [1.29, 1.82) is 0 Å². The number of piperidine rings is 2. The molecule has 0 N–H and O–H groups in total. The molecule has 160 valence electrons. The predicted octanol–water partition coefficient (Wildman–Crippen LogP) is 4.74. The third-order valence-corrected chi connectivity index (χ3v) is 6.48. The summed E-state index contributed by atoms with van der Waals surface area (Å²) in [5.41, 5.74) is 2.48. The Labute approximate surface area is 180 Å². The first-order valence-electron chi connectivity index (χ1n) is 11.4. The van der Waals surface area contributed by atoms with Crippen molar-refractivity contribution in [3.05, 3.63) is 65.7 Å². The van der Waals surface area contributed by atoms with Crippen LogP contribution in [0.2, 0.25) is 0 Å². The van der Waals surface area contributed by atoms with Crippen LogP contribution in [-0.4, -0.2) is 41.9 Å². The summed E-state index contributed by atoms with van der Waals surface area (Å²) in [6.45, 7) is 7.73. The van der Waals surface area contributed by atoms with E-state index in [0.29, 0.717) is 18.4 Å². The van der Waals surface area contributed by atoms with Gasteiger partial charge in [-0.05, 0) is 68.0 Å². The fourth-order valence-electron chi connectivity index (χ4n) is 4.68. The van der Waals surface area contributed by atoms with Crippen molar-refractivity contribution in [2.45, 2.75) is 45.8 Å². The zero-order chi connectivity index (χ0) is 20.8. The molecule has 0 aliphatic carbocycles. The fraction of sp³-hybridized carbons (Fsp3) is 0.500. The molecule has 2 aliphatic heterocycles. The Kier molecular flexibility index (Phi) is 7.06. The number of carbonyl (C=O) groups excluding carboxylic acids is 1. The van der Waals surface area contributed by atoms with Crippen LogP contribution in [0.15, 0.2) is 54.6 Å². The number of carbonyl (C=O) groups is 1. The summed E-state index contributed by atoms with van der Waals surface area (Å²) in [6.07, 6.45) is 4.40. The van der Waals surface area contributed by atoms with Gasteiger partial charge in [0.25, 0.3) is 0 Å². The van der Waals surface area contributed by atoms with E-state index < -0.39 is 0 Å². The maximum absolute atomic E-state index is 12.9. The van der Waals surface area contributed by atoms with E-state index in [9.17, 15) is 4.79 Å². The molecule has 30 heavy (non-hydrogen) atoms. The molecule has 2 aromatic rings. The first-order valence-corrected chi connectivity index (χ1v) is 11.4. The van der Waals surface area contributed by atoms with Gasteiger partial charge in [0.2, 0.25) is 5.91 Å². The number of rotatable bonds is 6. The first kappa shape index (κ1) is 20.9. The van der Waals surface area contributed by atoms with E-state index in [4.69, 9.17) is 4.74 Å². The van der Waals surface area contributed by atoms with Crippen LogP contribution in [0.3, 0.4) is 0 Å². The minimum atomic E-state index is 0.223. The summed E-state index contributed by atoms with van der Waals surface area (Å²) >= 11 is 0. The summed E-state index contributed by atoms with van der Waals surface area (Å²) in [5, 5.41) is 0. The lowest BCUT2D eigenvalue weighted by Gasteiger charge is -2.37. The standard InChI is InChI=1S/C26H34N2O2/c1-21-6-5-15-28(18-21)26(29)24-13-16-27(17-14-24)19-22-9-11-25(12-10-22)30-20-23-7-3-2-4-8-23/h2-4,7-12,21,24H,5-6,13-20H2,1H3. The second-order valence-electron chi connectivity index (χ2n) is 9.00. The molecule has 2 saturated heterocycles. The quantitative estimate of drug-likeness (QED) is 0.695. The molecule has 4 nitrogen and oxygen atoms in total. The molecule has 1 unspecified atom stereocenters. The van der Waals surface area contributed by atoms with E-state index in [1.165, 1.54) is 17.5 Å². The van der Waals surface area contributed by atoms with Crippen molar-refractivity contribution >= 4 is 5.91 Å². The highest BCUT2D eigenvalue weighted by molar-refractivity contribution is 5.79. The topological polar surface area (TPSA) is 32.8 Å². The van der Waals surface area contributed by atoms with Gasteiger partial charge in [0, 0.05) is 25.6 Å². The second kappa shape index (κ2) is 10.1. The van der Waals surface area contributed by atoms with Gasteiger partial charge in [-0.25, -0.2) is 0 Å². The van der Waals surface area contributed by atoms with Gasteiger partial charge in [-0.2, -0.15) is 0 Å². The van der Waals surface area contributed by atoms with Crippen molar-refractivity contribution in [2.75, 3.05) is 26.2 Å². The van der Waals surface area contributed by atoms with Crippen LogP contribution in [0, 0.1) is 11.8 Å². The Balaban J connectivity index is 1.21. The van der Waals surface area contributed by atoms with Gasteiger partial charge in [0.15, 0.2) is 0 Å². The maximum atomic E-state index is 12.9. The van der Waals surface area contributed by atoms with E-state index >= 15 is 0 Å². The number of hydrogen-bond acceptors (Lipinski definition) is 3. The van der Waals surface area contributed by atoms with Gasteiger partial charge < -0.3 is 9.64 Å². The minimum absolute atomic E-state index is 0.223. The van der Waals surface area contributed by atoms with Crippen LogP contribution in [0.25, 0.3) is 0 Å². The molecule has 1 amide bonds. The van der Waals surface area contributed by atoms with E-state index in [1.54, 1.807) is 0 Å². The summed E-state index contributed by atoms with van der Waals surface area (Å²) in [4.78, 5) is 17.5. The lowest BCUT2D eigenvalue weighted by Crippen LogP contribution is -2.45. The van der Waals surface area contributed by atoms with Crippen molar-refractivity contribution in [3.8, 4) is 5.75 Å². The third-order valence-electron chi connectivity index (χ3n) is 6.48. The van der Waals surface area contributed by atoms with Gasteiger partial charge in [-0.15, -0.1) is 0 Å². The highest BCUT2D eigenvalue weighted by Crippen LogP contribution is 2.25. The molecule has 0 saturated carbocycles. The number of hydrogen-bond donors (Lipinski definition) is 0. The molecule has 2 aromatic carbocycles. The molecule has 2 fully saturated rings. The molecule has 4 rings (SSSR count). The Hall–Kier alpha value is -2.33. The van der Waals surface area contributed by atoms with Crippen LogP contribution in [0.1, 0.15) is 43.7 Å². The zero-order valence-corrected chi connectivity index (χ0v) is 18.1. The highest BCUT2D eigenvalue weighted by atomic mass is 16.5. The van der Waals surface area contributed by atoms with Crippen LogP contribution in [0.5, 0.6) is 5.75 Å². The largest absolute Gasteiger partial charge is 0.489 e. The van der Waals surface area contributed by atoms with Crippen molar-refractivity contribution in [1.82, 2.24) is 9.80 Å². The fourth-order valence-corrected chi connectivity index (χ4v) is 4.68. The molecule has 2 aliphatic rings. The number of likely N-dealkylation sites (tertiary alicyclic amines) is 2. The Morgan fingerprint density at radius 3 is 2.37 bits per heavy atom. The molecular formula is C26H34N2O2. The molecule has 1 atom stereocenters. The number of ether oxygens (including phenoxy) is 1. The second-order valence-corrected chi connectivity index (χ2v) is 9.00. The molecule has 0 radical (unpaired) electrons. The monoisotopic (exact) mass is 406 g/mol. The summed E-state index contributed by atoms with van der Waals surface area (Å²) < 4.78 is 5.89. The van der Waals surface area contributed by atoms with Crippen LogP contribution in [-0.2, 0) is 17.9 Å². The minimum Gasteiger partial charge on any atom is -0.489 e. The van der Waals surface area contributed by atoms with Crippen LogP contribution in [0.4, 0.5) is 0 Å². The molecule has 2 heterocycles. The van der Waals surface area contributed by atoms with Crippen molar-refractivity contribution in [3.63, 3.8) is 0 Å². The number of nitrogens with zero attached hydrogens (tertiary/aromatic N) is 2. The Bertz CT molecular complexity index is 798. The summed E-state index contributed by atoms with van der Waals surface area (Å²) in [7, 11) is 0. The molecule has 4 heteroatoms. The van der Waals surface area contributed by atoms with Crippen LogP contribution >= 0.6 is 0 Å². The van der Waals surface area contributed by atoms with Gasteiger partial charge in [0.1, 0.15) is 12.4 Å². The van der Waals surface area contributed by atoms with E-state index in [2.05, 4.69) is 53.1 Å². The zero-order valence-electron chi connectivity index (χ0n) is 18.1. The normalized spacial score (nSPS) is 20.8. The number of benzene rings is 2. The summed E-state index contributed by atoms with van der Waals surface area (Å²) in [5.74, 6) is 2.19. The van der Waals surface area contributed by atoms with E-state index in [0.717, 1.165) is 57.7 Å². The first-order chi connectivity index (χ1) is 14.7. The average Bonchev–Trinajstić information content (AvgIpc) is 2.79. The number of amides is 1. The Morgan fingerprint density at radius 1 is 0.933 bits per heavy atom. The SMILES string of the molecule is CC1CCCN(C(=O)C2CCN(Cc3ccc(OCc4ccccc4)cc3)CC2)C1. The lowest BCUT2D eigenvalue weighted by atomic mass is 9.92. The average molecular weight is 407 g/mol. The Morgan fingerprint density at radius 2 is 1.67 bits per heavy atom. The maximum Gasteiger partial charge on any atom is 0.225 e. The highest BCUT2D eigenvalue weighted by Gasteiger charge is 2.30. The lowest BCUT2D eigenvalue weighted by molar-refractivity contribution is -0.138. The van der Waals surface area contributed by atoms with Gasteiger partial charge >= 0.3 is 0 Å². The van der Waals surface area contributed by atoms with Gasteiger partial charge in [-0.1, -0.05) is 49.4 Å². The molecule has 0 aromatic heterocycles. The summed E-state index contributed by atoms with van der Waals surface area (Å²) in [6, 6.07) is 18.7. The van der Waals surface area contributed by atoms with Crippen LogP contribution < -0.4 is 4.74 Å². The predicted molar refractivity (Wildman–Crippen MR) is 120 cm³/mol. The van der Waals surface area contributed by atoms with E-state index in [1.807, 2.05) is 18.2 Å². The van der Waals surface area contributed by atoms with Crippen molar-refractivity contribution < 1.29 is 9.53 Å². The molecular weight excluding hydrogens is 372 g/mol.